The minimum atomic E-state index is -3.87. The first-order valence-electron chi connectivity index (χ1n) is 6.51. The summed E-state index contributed by atoms with van der Waals surface area (Å²) in [5.74, 6) is -0.330. The third-order valence-corrected chi connectivity index (χ3v) is 4.49. The lowest BCUT2D eigenvalue weighted by molar-refractivity contribution is 0.0949. The fraction of sp³-hybridized carbons (Fsp3) is 0.462. The summed E-state index contributed by atoms with van der Waals surface area (Å²) in [6, 6.07) is 3.10. The van der Waals surface area contributed by atoms with E-state index < -0.39 is 10.0 Å². The molecule has 0 aromatic heterocycles. The molecule has 0 saturated carbocycles. The van der Waals surface area contributed by atoms with Crippen molar-refractivity contribution in [3.05, 3.63) is 27.7 Å². The number of sulfonamides is 1. The number of primary sulfonamides is 1. The summed E-state index contributed by atoms with van der Waals surface area (Å²) >= 11 is 3.20. The fourth-order valence-electron chi connectivity index (χ4n) is 1.95. The van der Waals surface area contributed by atoms with Crippen molar-refractivity contribution in [2.24, 2.45) is 5.14 Å². The molecule has 21 heavy (non-hydrogen) atoms. The second-order valence-electron chi connectivity index (χ2n) is 4.79. The summed E-state index contributed by atoms with van der Waals surface area (Å²) in [5, 5.41) is 11.1. The first kappa shape index (κ1) is 18.1. The first-order chi connectivity index (χ1) is 9.66. The first-order valence-corrected chi connectivity index (χ1v) is 8.85. The maximum absolute atomic E-state index is 12.2. The highest BCUT2D eigenvalue weighted by Crippen LogP contribution is 2.24. The number of nitrogens with one attached hydrogen (secondary N) is 2. The van der Waals surface area contributed by atoms with Gasteiger partial charge in [0, 0.05) is 22.6 Å². The van der Waals surface area contributed by atoms with E-state index in [2.05, 4.69) is 26.6 Å². The predicted molar refractivity (Wildman–Crippen MR) is 85.7 cm³/mol. The molecular weight excluding hydrogens is 358 g/mol. The van der Waals surface area contributed by atoms with Gasteiger partial charge in [-0.25, -0.2) is 13.6 Å². The minimum Gasteiger partial charge on any atom is -0.350 e. The van der Waals surface area contributed by atoms with Crippen LogP contribution in [0.3, 0.4) is 0 Å². The lowest BCUT2D eigenvalue weighted by atomic mass is 10.1. The van der Waals surface area contributed by atoms with Gasteiger partial charge in [-0.1, -0.05) is 22.9 Å². The Morgan fingerprint density at radius 2 is 2.05 bits per heavy atom. The van der Waals surface area contributed by atoms with Gasteiger partial charge in [0.15, 0.2) is 0 Å². The molecule has 1 atom stereocenters. The molecule has 0 aliphatic rings. The standard InChI is InChI=1S/C13H20BrN3O3S/c1-4-16-8(2)7-17-13(18)11-5-10(14)6-12(9(11)3)21(15,19)20/h5-6,8,16H,4,7H2,1-3H3,(H,17,18)(H2,15,19,20)/t8-/m1/s1. The van der Waals surface area contributed by atoms with Gasteiger partial charge in [-0.3, -0.25) is 4.79 Å². The van der Waals surface area contributed by atoms with E-state index in [1.165, 1.54) is 6.07 Å². The molecule has 0 aliphatic heterocycles. The van der Waals surface area contributed by atoms with Gasteiger partial charge in [0.1, 0.15) is 0 Å². The number of hydrogen-bond acceptors (Lipinski definition) is 4. The Bertz CT molecular complexity index is 632. The van der Waals surface area contributed by atoms with E-state index in [1.807, 2.05) is 13.8 Å². The number of halogens is 1. The molecule has 4 N–H and O–H groups in total. The number of amides is 1. The van der Waals surface area contributed by atoms with E-state index in [9.17, 15) is 13.2 Å². The topological polar surface area (TPSA) is 101 Å². The van der Waals surface area contributed by atoms with Gasteiger partial charge in [0.05, 0.1) is 4.90 Å². The maximum Gasteiger partial charge on any atom is 0.251 e. The van der Waals surface area contributed by atoms with Crippen molar-refractivity contribution in [2.45, 2.75) is 31.7 Å². The number of benzene rings is 1. The highest BCUT2D eigenvalue weighted by molar-refractivity contribution is 9.10. The summed E-state index contributed by atoms with van der Waals surface area (Å²) in [4.78, 5) is 12.2. The number of carbonyl (C=O) groups is 1. The van der Waals surface area contributed by atoms with Gasteiger partial charge in [-0.2, -0.15) is 0 Å². The monoisotopic (exact) mass is 377 g/mol. The van der Waals surface area contributed by atoms with E-state index in [-0.39, 0.29) is 22.4 Å². The largest absolute Gasteiger partial charge is 0.350 e. The van der Waals surface area contributed by atoms with E-state index in [4.69, 9.17) is 5.14 Å². The number of rotatable bonds is 6. The van der Waals surface area contributed by atoms with Crippen molar-refractivity contribution < 1.29 is 13.2 Å². The van der Waals surface area contributed by atoms with Crippen LogP contribution in [-0.2, 0) is 10.0 Å². The van der Waals surface area contributed by atoms with Gasteiger partial charge in [0.25, 0.3) is 5.91 Å². The second kappa shape index (κ2) is 7.35. The summed E-state index contributed by atoms with van der Waals surface area (Å²) in [6.45, 7) is 6.75. The van der Waals surface area contributed by atoms with Gasteiger partial charge < -0.3 is 10.6 Å². The number of hydrogen-bond donors (Lipinski definition) is 3. The summed E-state index contributed by atoms with van der Waals surface area (Å²) < 4.78 is 23.6. The normalized spacial score (nSPS) is 13.0. The molecule has 1 rings (SSSR count). The average molecular weight is 378 g/mol. The van der Waals surface area contributed by atoms with E-state index in [0.717, 1.165) is 6.54 Å². The lowest BCUT2D eigenvalue weighted by Gasteiger charge is -2.15. The average Bonchev–Trinajstić information content (AvgIpc) is 2.37. The Morgan fingerprint density at radius 1 is 1.43 bits per heavy atom. The number of nitrogens with two attached hydrogens (primary N) is 1. The quantitative estimate of drug-likeness (QED) is 0.691. The Labute approximate surface area is 133 Å². The molecule has 0 radical (unpaired) electrons. The SMILES string of the molecule is CCN[C@H](C)CNC(=O)c1cc(Br)cc(S(N)(=O)=O)c1C. The van der Waals surface area contributed by atoms with E-state index in [0.29, 0.717) is 16.6 Å². The highest BCUT2D eigenvalue weighted by atomic mass is 79.9. The molecule has 1 aromatic rings. The zero-order chi connectivity index (χ0) is 16.2. The molecule has 0 heterocycles. The molecule has 0 unspecified atom stereocenters. The Hall–Kier alpha value is -0.960. The van der Waals surface area contributed by atoms with Crippen LogP contribution in [0.2, 0.25) is 0 Å². The van der Waals surface area contributed by atoms with Gasteiger partial charge in [0.2, 0.25) is 10.0 Å². The zero-order valence-corrected chi connectivity index (χ0v) is 14.6. The van der Waals surface area contributed by atoms with Crippen LogP contribution in [0, 0.1) is 6.92 Å². The van der Waals surface area contributed by atoms with Crippen molar-refractivity contribution >= 4 is 31.9 Å². The van der Waals surface area contributed by atoms with E-state index >= 15 is 0 Å². The molecule has 1 amide bonds. The van der Waals surface area contributed by atoms with Crippen molar-refractivity contribution in [2.75, 3.05) is 13.1 Å². The Kier molecular flexibility index (Phi) is 6.33. The van der Waals surface area contributed by atoms with Crippen LogP contribution in [0.4, 0.5) is 0 Å². The molecule has 0 aliphatic carbocycles. The van der Waals surface area contributed by atoms with Crippen LogP contribution in [0.1, 0.15) is 29.8 Å². The van der Waals surface area contributed by atoms with Crippen molar-refractivity contribution in [1.82, 2.24) is 10.6 Å². The molecular formula is C13H20BrN3O3S. The minimum absolute atomic E-state index is 0.0539. The third kappa shape index (κ3) is 5.06. The summed E-state index contributed by atoms with van der Waals surface area (Å²) in [7, 11) is -3.87. The molecule has 0 fully saturated rings. The fourth-order valence-corrected chi connectivity index (χ4v) is 3.38. The van der Waals surface area contributed by atoms with Gasteiger partial charge in [-0.15, -0.1) is 0 Å². The van der Waals surface area contributed by atoms with E-state index in [1.54, 1.807) is 13.0 Å². The summed E-state index contributed by atoms with van der Waals surface area (Å²) in [5.41, 5.74) is 0.631. The lowest BCUT2D eigenvalue weighted by Crippen LogP contribution is -2.39. The van der Waals surface area contributed by atoms with Crippen molar-refractivity contribution in [3.63, 3.8) is 0 Å². The van der Waals surface area contributed by atoms with Gasteiger partial charge in [-0.05, 0) is 38.1 Å². The van der Waals surface area contributed by atoms with Crippen molar-refractivity contribution in [1.29, 1.82) is 0 Å². The Morgan fingerprint density at radius 3 is 2.57 bits per heavy atom. The van der Waals surface area contributed by atoms with Crippen molar-refractivity contribution in [3.8, 4) is 0 Å². The molecule has 0 bridgehead atoms. The Balaban J connectivity index is 3.03. The zero-order valence-electron chi connectivity index (χ0n) is 12.2. The summed E-state index contributed by atoms with van der Waals surface area (Å²) in [6.07, 6.45) is 0. The molecule has 1 aromatic carbocycles. The third-order valence-electron chi connectivity index (χ3n) is 3.00. The maximum atomic E-state index is 12.2. The predicted octanol–water partition coefficient (Wildman–Crippen LogP) is 1.13. The van der Waals surface area contributed by atoms with Crippen LogP contribution in [0.15, 0.2) is 21.5 Å². The molecule has 6 nitrogen and oxygen atoms in total. The molecule has 0 spiro atoms. The molecule has 118 valence electrons. The molecule has 0 saturated heterocycles. The van der Waals surface area contributed by atoms with Crippen LogP contribution >= 0.6 is 15.9 Å². The van der Waals surface area contributed by atoms with Crippen LogP contribution < -0.4 is 15.8 Å². The van der Waals surface area contributed by atoms with Crippen LogP contribution in [0.25, 0.3) is 0 Å². The number of carbonyl (C=O) groups excluding carboxylic acids is 1. The van der Waals surface area contributed by atoms with Crippen LogP contribution in [0.5, 0.6) is 0 Å². The van der Waals surface area contributed by atoms with Crippen LogP contribution in [-0.4, -0.2) is 33.5 Å². The molecule has 8 heteroatoms. The second-order valence-corrected chi connectivity index (χ2v) is 7.24. The highest BCUT2D eigenvalue weighted by Gasteiger charge is 2.19. The van der Waals surface area contributed by atoms with Gasteiger partial charge >= 0.3 is 0 Å². The smallest absolute Gasteiger partial charge is 0.251 e. The number of likely N-dealkylation sites (N-methyl/N-ethyl adjacent to an activating group) is 1.